The quantitative estimate of drug-likeness (QED) is 0.816. The first-order valence-electron chi connectivity index (χ1n) is 6.49. The van der Waals surface area contributed by atoms with E-state index < -0.39 is 10.0 Å². The molecule has 0 fully saturated rings. The molecule has 108 valence electrons. The topological polar surface area (TPSA) is 66.4 Å². The number of nitrogens with one attached hydrogen (secondary N) is 1. The monoisotopic (exact) mass is 285 g/mol. The summed E-state index contributed by atoms with van der Waals surface area (Å²) in [6.07, 6.45) is 1.42. The van der Waals surface area contributed by atoms with E-state index in [0.717, 1.165) is 12.0 Å². The first-order chi connectivity index (χ1) is 8.65. The molecule has 0 saturated heterocycles. The molecule has 0 aromatic heterocycles. The normalized spacial score (nSPS) is 12.4. The number of hydrogen-bond donors (Lipinski definition) is 2. The number of phenols is 1. The Bertz CT molecular complexity index is 530. The number of benzene rings is 1. The van der Waals surface area contributed by atoms with E-state index in [9.17, 15) is 13.5 Å². The minimum Gasteiger partial charge on any atom is -0.506 e. The third kappa shape index (κ3) is 4.74. The Labute approximate surface area is 115 Å². The lowest BCUT2D eigenvalue weighted by atomic mass is 9.87. The highest BCUT2D eigenvalue weighted by molar-refractivity contribution is 7.92. The van der Waals surface area contributed by atoms with Crippen LogP contribution in [0.3, 0.4) is 0 Å². The maximum absolute atomic E-state index is 11.8. The summed E-state index contributed by atoms with van der Waals surface area (Å²) in [5.74, 6) is 0.0240. The molecule has 19 heavy (non-hydrogen) atoms. The molecule has 0 radical (unpaired) electrons. The van der Waals surface area contributed by atoms with Crippen molar-refractivity contribution in [3.63, 3.8) is 0 Å². The van der Waals surface area contributed by atoms with Crippen molar-refractivity contribution >= 4 is 15.7 Å². The fraction of sp³-hybridized carbons (Fsp3) is 0.571. The van der Waals surface area contributed by atoms with Gasteiger partial charge in [0, 0.05) is 0 Å². The van der Waals surface area contributed by atoms with Crippen LogP contribution in [-0.2, 0) is 15.4 Å². The van der Waals surface area contributed by atoms with Crippen LogP contribution in [0.2, 0.25) is 0 Å². The first-order valence-corrected chi connectivity index (χ1v) is 8.15. The molecular formula is C14H23NO3S. The Hall–Kier alpha value is -1.23. The van der Waals surface area contributed by atoms with E-state index in [1.807, 2.05) is 27.7 Å². The average Bonchev–Trinajstić information content (AvgIpc) is 2.28. The highest BCUT2D eigenvalue weighted by Crippen LogP contribution is 2.31. The number of sulfonamides is 1. The van der Waals surface area contributed by atoms with Crippen LogP contribution in [0.15, 0.2) is 18.2 Å². The van der Waals surface area contributed by atoms with Crippen LogP contribution in [0.25, 0.3) is 0 Å². The van der Waals surface area contributed by atoms with Crippen molar-refractivity contribution in [2.45, 2.75) is 46.0 Å². The molecule has 4 nitrogen and oxygen atoms in total. The number of unbranched alkanes of at least 4 members (excludes halogenated alkanes) is 1. The molecule has 0 heterocycles. The number of rotatable bonds is 5. The van der Waals surface area contributed by atoms with E-state index in [1.165, 1.54) is 6.07 Å². The molecule has 5 heteroatoms. The molecule has 1 rings (SSSR count). The van der Waals surface area contributed by atoms with Crippen molar-refractivity contribution in [2.75, 3.05) is 10.5 Å². The predicted molar refractivity (Wildman–Crippen MR) is 79.1 cm³/mol. The molecule has 1 aromatic rings. The highest BCUT2D eigenvalue weighted by atomic mass is 32.2. The van der Waals surface area contributed by atoms with Crippen molar-refractivity contribution in [1.82, 2.24) is 0 Å². The van der Waals surface area contributed by atoms with Crippen LogP contribution >= 0.6 is 0 Å². The van der Waals surface area contributed by atoms with Gasteiger partial charge in [-0.25, -0.2) is 8.42 Å². The van der Waals surface area contributed by atoms with Crippen LogP contribution < -0.4 is 4.72 Å². The fourth-order valence-electron chi connectivity index (χ4n) is 1.64. The standard InChI is InChI=1S/C14H23NO3S/c1-5-6-9-19(17,18)15-12-10-11(14(2,3)4)7-8-13(12)16/h7-8,10,15-16H,5-6,9H2,1-4H3. The summed E-state index contributed by atoms with van der Waals surface area (Å²) in [5, 5.41) is 9.76. The van der Waals surface area contributed by atoms with E-state index in [4.69, 9.17) is 0 Å². The van der Waals surface area contributed by atoms with Crippen molar-refractivity contribution in [3.8, 4) is 5.75 Å². The van der Waals surface area contributed by atoms with Gasteiger partial charge in [0.25, 0.3) is 0 Å². The molecular weight excluding hydrogens is 262 g/mol. The van der Waals surface area contributed by atoms with Crippen molar-refractivity contribution in [2.24, 2.45) is 0 Å². The molecule has 0 aliphatic heterocycles. The molecule has 0 saturated carbocycles. The molecule has 0 unspecified atom stereocenters. The molecule has 1 aromatic carbocycles. The highest BCUT2D eigenvalue weighted by Gasteiger charge is 2.18. The molecule has 0 bridgehead atoms. The zero-order chi connectivity index (χ0) is 14.7. The van der Waals surface area contributed by atoms with Crippen LogP contribution in [0.1, 0.15) is 46.1 Å². The van der Waals surface area contributed by atoms with Gasteiger partial charge in [0.2, 0.25) is 10.0 Å². The minimum atomic E-state index is -3.39. The zero-order valence-electron chi connectivity index (χ0n) is 12.0. The largest absolute Gasteiger partial charge is 0.506 e. The third-order valence-corrected chi connectivity index (χ3v) is 4.25. The van der Waals surface area contributed by atoms with Crippen LogP contribution in [-0.4, -0.2) is 19.3 Å². The third-order valence-electron chi connectivity index (χ3n) is 2.89. The second kappa shape index (κ2) is 5.82. The van der Waals surface area contributed by atoms with Gasteiger partial charge in [0.1, 0.15) is 5.75 Å². The number of hydrogen-bond acceptors (Lipinski definition) is 3. The molecule has 0 aliphatic rings. The average molecular weight is 285 g/mol. The van der Waals surface area contributed by atoms with Gasteiger partial charge < -0.3 is 5.11 Å². The predicted octanol–water partition coefficient (Wildman–Crippen LogP) is 3.23. The number of anilines is 1. The molecule has 0 amide bonds. The summed E-state index contributed by atoms with van der Waals surface area (Å²) in [5.41, 5.74) is 1.12. The van der Waals surface area contributed by atoms with E-state index in [1.54, 1.807) is 12.1 Å². The fourth-order valence-corrected chi connectivity index (χ4v) is 2.91. The molecule has 2 N–H and O–H groups in total. The van der Waals surface area contributed by atoms with Crippen molar-refractivity contribution < 1.29 is 13.5 Å². The smallest absolute Gasteiger partial charge is 0.232 e. The van der Waals surface area contributed by atoms with Gasteiger partial charge in [-0.1, -0.05) is 40.2 Å². The summed E-state index contributed by atoms with van der Waals surface area (Å²) in [6.45, 7) is 8.05. The Morgan fingerprint density at radius 3 is 2.42 bits per heavy atom. The second-order valence-electron chi connectivity index (χ2n) is 5.76. The maximum Gasteiger partial charge on any atom is 0.232 e. The SMILES string of the molecule is CCCCS(=O)(=O)Nc1cc(C(C)(C)C)ccc1O. The van der Waals surface area contributed by atoms with E-state index in [0.29, 0.717) is 6.42 Å². The summed E-state index contributed by atoms with van der Waals surface area (Å²) in [6, 6.07) is 5.02. The number of phenolic OH excluding ortho intramolecular Hbond substituents is 1. The van der Waals surface area contributed by atoms with Gasteiger partial charge in [-0.2, -0.15) is 0 Å². The summed E-state index contributed by atoms with van der Waals surface area (Å²) in [7, 11) is -3.39. The van der Waals surface area contributed by atoms with Gasteiger partial charge in [-0.3, -0.25) is 4.72 Å². The van der Waals surface area contributed by atoms with Gasteiger partial charge in [-0.05, 0) is 29.5 Å². The van der Waals surface area contributed by atoms with Crippen LogP contribution in [0, 0.1) is 0 Å². The molecule has 0 spiro atoms. The lowest BCUT2D eigenvalue weighted by Gasteiger charge is -2.20. The van der Waals surface area contributed by atoms with Crippen LogP contribution in [0.4, 0.5) is 5.69 Å². The Morgan fingerprint density at radius 1 is 1.26 bits per heavy atom. The van der Waals surface area contributed by atoms with Gasteiger partial charge in [-0.15, -0.1) is 0 Å². The van der Waals surface area contributed by atoms with Crippen molar-refractivity contribution in [3.05, 3.63) is 23.8 Å². The maximum atomic E-state index is 11.8. The minimum absolute atomic E-state index is 0.0481. The Kier molecular flexibility index (Phi) is 4.85. The zero-order valence-corrected chi connectivity index (χ0v) is 12.8. The van der Waals surface area contributed by atoms with Gasteiger partial charge >= 0.3 is 0 Å². The Morgan fingerprint density at radius 2 is 1.89 bits per heavy atom. The number of aromatic hydroxyl groups is 1. The second-order valence-corrected chi connectivity index (χ2v) is 7.60. The van der Waals surface area contributed by atoms with Gasteiger partial charge in [0.15, 0.2) is 0 Å². The van der Waals surface area contributed by atoms with Crippen molar-refractivity contribution in [1.29, 1.82) is 0 Å². The summed E-state index contributed by atoms with van der Waals surface area (Å²) < 4.78 is 26.2. The van der Waals surface area contributed by atoms with Gasteiger partial charge in [0.05, 0.1) is 11.4 Å². The van der Waals surface area contributed by atoms with E-state index in [-0.39, 0.29) is 22.6 Å². The lowest BCUT2D eigenvalue weighted by Crippen LogP contribution is -2.18. The lowest BCUT2D eigenvalue weighted by molar-refractivity contribution is 0.476. The molecule has 0 aliphatic carbocycles. The van der Waals surface area contributed by atoms with E-state index >= 15 is 0 Å². The van der Waals surface area contributed by atoms with E-state index in [2.05, 4.69) is 4.72 Å². The van der Waals surface area contributed by atoms with Crippen LogP contribution in [0.5, 0.6) is 5.75 Å². The summed E-state index contributed by atoms with van der Waals surface area (Å²) >= 11 is 0. The summed E-state index contributed by atoms with van der Waals surface area (Å²) in [4.78, 5) is 0. The Balaban J connectivity index is 3.01. The molecule has 0 atom stereocenters. The first kappa shape index (κ1) is 15.8.